The second-order valence-corrected chi connectivity index (χ2v) is 4.24. The molecule has 0 radical (unpaired) electrons. The minimum Gasteiger partial charge on any atom is -0.496 e. The maximum atomic E-state index is 11.6. The van der Waals surface area contributed by atoms with E-state index in [1.807, 2.05) is 0 Å². The van der Waals surface area contributed by atoms with Crippen molar-refractivity contribution in [2.24, 2.45) is 0 Å². The summed E-state index contributed by atoms with van der Waals surface area (Å²) in [5, 5.41) is 8.69. The van der Waals surface area contributed by atoms with Crippen molar-refractivity contribution in [3.05, 3.63) is 35.9 Å². The van der Waals surface area contributed by atoms with Gasteiger partial charge in [0.25, 0.3) is 11.8 Å². The molecule has 0 fully saturated rings. The number of hydrogen-bond donors (Lipinski definition) is 1. The lowest BCUT2D eigenvalue weighted by Crippen LogP contribution is -2.29. The minimum absolute atomic E-state index is 0.0150. The second kappa shape index (κ2) is 5.56. The van der Waals surface area contributed by atoms with E-state index in [0.717, 1.165) is 4.90 Å². The maximum absolute atomic E-state index is 11.6. The Morgan fingerprint density at radius 1 is 1.25 bits per heavy atom. The molecular formula is C14H13NO5. The molecule has 0 atom stereocenters. The first-order valence-electron chi connectivity index (χ1n) is 5.97. The summed E-state index contributed by atoms with van der Waals surface area (Å²) in [7, 11) is 1.45. The van der Waals surface area contributed by atoms with Crippen LogP contribution in [0.4, 0.5) is 5.69 Å². The van der Waals surface area contributed by atoms with Crippen LogP contribution in [-0.2, 0) is 20.8 Å². The van der Waals surface area contributed by atoms with Crippen molar-refractivity contribution >= 4 is 23.5 Å². The van der Waals surface area contributed by atoms with Gasteiger partial charge in [-0.1, -0.05) is 6.07 Å². The second-order valence-electron chi connectivity index (χ2n) is 4.24. The summed E-state index contributed by atoms with van der Waals surface area (Å²) in [5.41, 5.74) is 1.12. The lowest BCUT2D eigenvalue weighted by molar-refractivity contribution is -0.137. The fourth-order valence-corrected chi connectivity index (χ4v) is 1.98. The van der Waals surface area contributed by atoms with Crippen LogP contribution in [-0.4, -0.2) is 30.0 Å². The molecule has 1 aliphatic heterocycles. The van der Waals surface area contributed by atoms with E-state index in [-0.39, 0.29) is 6.42 Å². The van der Waals surface area contributed by atoms with Gasteiger partial charge in [0.15, 0.2) is 0 Å². The van der Waals surface area contributed by atoms with E-state index in [1.165, 1.54) is 19.3 Å². The van der Waals surface area contributed by atoms with E-state index in [0.29, 0.717) is 23.4 Å². The highest BCUT2D eigenvalue weighted by Gasteiger charge is 2.25. The SMILES string of the molecule is COc1cc(N2C(=O)C=CC2=O)ccc1CCC(=O)O. The smallest absolute Gasteiger partial charge is 0.303 e. The summed E-state index contributed by atoms with van der Waals surface area (Å²) in [5.74, 6) is -1.26. The van der Waals surface area contributed by atoms with E-state index in [1.54, 1.807) is 18.2 Å². The number of aryl methyl sites for hydroxylation is 1. The molecule has 0 aliphatic carbocycles. The van der Waals surface area contributed by atoms with E-state index >= 15 is 0 Å². The largest absolute Gasteiger partial charge is 0.496 e. The number of rotatable bonds is 5. The molecule has 2 rings (SSSR count). The Bertz CT molecular complexity index is 588. The van der Waals surface area contributed by atoms with Crippen LogP contribution in [0.15, 0.2) is 30.4 Å². The molecule has 1 aliphatic rings. The van der Waals surface area contributed by atoms with Crippen molar-refractivity contribution in [3.8, 4) is 5.75 Å². The number of benzene rings is 1. The van der Waals surface area contributed by atoms with Gasteiger partial charge in [-0.25, -0.2) is 4.90 Å². The van der Waals surface area contributed by atoms with Crippen molar-refractivity contribution in [1.29, 1.82) is 0 Å². The highest BCUT2D eigenvalue weighted by molar-refractivity contribution is 6.28. The summed E-state index contributed by atoms with van der Waals surface area (Å²) >= 11 is 0. The molecule has 6 heteroatoms. The van der Waals surface area contributed by atoms with Gasteiger partial charge >= 0.3 is 5.97 Å². The predicted octanol–water partition coefficient (Wildman–Crippen LogP) is 1.14. The van der Waals surface area contributed by atoms with E-state index < -0.39 is 17.8 Å². The zero-order chi connectivity index (χ0) is 14.7. The summed E-state index contributed by atoms with van der Waals surface area (Å²) in [4.78, 5) is 34.8. The van der Waals surface area contributed by atoms with Gasteiger partial charge in [0.05, 0.1) is 12.8 Å². The summed E-state index contributed by atoms with van der Waals surface area (Å²) in [6, 6.07) is 4.82. The van der Waals surface area contributed by atoms with E-state index in [2.05, 4.69) is 0 Å². The number of hydrogen-bond acceptors (Lipinski definition) is 4. The Balaban J connectivity index is 2.27. The molecule has 1 heterocycles. The van der Waals surface area contributed by atoms with E-state index in [4.69, 9.17) is 9.84 Å². The molecule has 0 bridgehead atoms. The summed E-state index contributed by atoms with van der Waals surface area (Å²) in [6.07, 6.45) is 2.71. The first-order valence-corrected chi connectivity index (χ1v) is 5.97. The Morgan fingerprint density at radius 3 is 2.45 bits per heavy atom. The van der Waals surface area contributed by atoms with Crippen LogP contribution < -0.4 is 9.64 Å². The third-order valence-corrected chi connectivity index (χ3v) is 2.95. The van der Waals surface area contributed by atoms with Gasteiger partial charge in [-0.3, -0.25) is 14.4 Å². The zero-order valence-corrected chi connectivity index (χ0v) is 10.8. The van der Waals surface area contributed by atoms with Gasteiger partial charge in [-0.2, -0.15) is 0 Å². The molecular weight excluding hydrogens is 262 g/mol. The van der Waals surface area contributed by atoms with Crippen molar-refractivity contribution < 1.29 is 24.2 Å². The van der Waals surface area contributed by atoms with Crippen LogP contribution in [0.2, 0.25) is 0 Å². The van der Waals surface area contributed by atoms with Crippen LogP contribution >= 0.6 is 0 Å². The molecule has 1 aromatic carbocycles. The number of carboxylic acid groups (broad SMARTS) is 1. The van der Waals surface area contributed by atoms with Crippen LogP contribution in [0, 0.1) is 0 Å². The Hall–Kier alpha value is -2.63. The average Bonchev–Trinajstić information content (AvgIpc) is 2.75. The summed E-state index contributed by atoms with van der Waals surface area (Å²) in [6.45, 7) is 0. The van der Waals surface area contributed by atoms with Gasteiger partial charge in [0.1, 0.15) is 5.75 Å². The van der Waals surface area contributed by atoms with Gasteiger partial charge in [0, 0.05) is 24.6 Å². The molecule has 6 nitrogen and oxygen atoms in total. The predicted molar refractivity (Wildman–Crippen MR) is 70.6 cm³/mol. The van der Waals surface area contributed by atoms with Crippen molar-refractivity contribution in [1.82, 2.24) is 0 Å². The Morgan fingerprint density at radius 2 is 1.90 bits per heavy atom. The molecule has 1 aromatic rings. The number of carboxylic acids is 1. The molecule has 20 heavy (non-hydrogen) atoms. The molecule has 0 aromatic heterocycles. The van der Waals surface area contributed by atoms with Crippen LogP contribution in [0.5, 0.6) is 5.75 Å². The topological polar surface area (TPSA) is 83.9 Å². The standard InChI is InChI=1S/C14H13NO5/c1-20-11-8-10(15-12(16)5-6-13(15)17)4-2-9(11)3-7-14(18)19/h2,4-6,8H,3,7H2,1H3,(H,18,19). The van der Waals surface area contributed by atoms with Gasteiger partial charge in [-0.05, 0) is 18.1 Å². The molecule has 2 amide bonds. The molecule has 0 saturated heterocycles. The number of aliphatic carboxylic acids is 1. The Kier molecular flexibility index (Phi) is 3.84. The quantitative estimate of drug-likeness (QED) is 0.815. The first kappa shape index (κ1) is 13.8. The first-order chi connectivity index (χ1) is 9.52. The number of ether oxygens (including phenoxy) is 1. The number of nitrogens with zero attached hydrogens (tertiary/aromatic N) is 1. The number of anilines is 1. The molecule has 0 spiro atoms. The van der Waals surface area contributed by atoms with Gasteiger partial charge < -0.3 is 9.84 Å². The zero-order valence-electron chi connectivity index (χ0n) is 10.8. The lowest BCUT2D eigenvalue weighted by atomic mass is 10.1. The number of amides is 2. The van der Waals surface area contributed by atoms with E-state index in [9.17, 15) is 14.4 Å². The van der Waals surface area contributed by atoms with Crippen molar-refractivity contribution in [3.63, 3.8) is 0 Å². The molecule has 0 unspecified atom stereocenters. The molecule has 1 N–H and O–H groups in total. The third kappa shape index (κ3) is 2.69. The molecule has 0 saturated carbocycles. The number of carbonyl (C=O) groups is 3. The fourth-order valence-electron chi connectivity index (χ4n) is 1.98. The maximum Gasteiger partial charge on any atom is 0.303 e. The van der Waals surface area contributed by atoms with Crippen molar-refractivity contribution in [2.45, 2.75) is 12.8 Å². The van der Waals surface area contributed by atoms with Crippen LogP contribution in [0.3, 0.4) is 0 Å². The summed E-state index contributed by atoms with van der Waals surface area (Å²) < 4.78 is 5.19. The number of carbonyl (C=O) groups excluding carboxylic acids is 2. The normalized spacial score (nSPS) is 13.9. The number of methoxy groups -OCH3 is 1. The highest BCUT2D eigenvalue weighted by atomic mass is 16.5. The van der Waals surface area contributed by atoms with Gasteiger partial charge in [-0.15, -0.1) is 0 Å². The van der Waals surface area contributed by atoms with Crippen molar-refractivity contribution in [2.75, 3.05) is 12.0 Å². The highest BCUT2D eigenvalue weighted by Crippen LogP contribution is 2.28. The Labute approximate surface area is 115 Å². The third-order valence-electron chi connectivity index (χ3n) is 2.95. The minimum atomic E-state index is -0.898. The average molecular weight is 275 g/mol. The molecule has 104 valence electrons. The monoisotopic (exact) mass is 275 g/mol. The van der Waals surface area contributed by atoms with Crippen LogP contribution in [0.25, 0.3) is 0 Å². The fraction of sp³-hybridized carbons (Fsp3) is 0.214. The van der Waals surface area contributed by atoms with Crippen LogP contribution in [0.1, 0.15) is 12.0 Å². The number of imide groups is 1. The van der Waals surface area contributed by atoms with Gasteiger partial charge in [0.2, 0.25) is 0 Å². The lowest BCUT2D eigenvalue weighted by Gasteiger charge is -2.16.